The van der Waals surface area contributed by atoms with Gasteiger partial charge in [-0.1, -0.05) is 72.8 Å². The van der Waals surface area contributed by atoms with Gasteiger partial charge in [0.1, 0.15) is 0 Å². The first-order valence-corrected chi connectivity index (χ1v) is 9.29. The summed E-state index contributed by atoms with van der Waals surface area (Å²) in [7, 11) is 0. The Kier molecular flexibility index (Phi) is 3.95. The van der Waals surface area contributed by atoms with Crippen LogP contribution in [-0.2, 0) is 0 Å². The Hall–Kier alpha value is -3.53. The molecule has 0 atom stereocenters. The highest BCUT2D eigenvalue weighted by Gasteiger charge is 2.41. The molecule has 0 aliphatic heterocycles. The highest BCUT2D eigenvalue weighted by molar-refractivity contribution is 6.08. The molecule has 1 aliphatic carbocycles. The molecule has 142 valence electrons. The molecule has 5 rings (SSSR count). The average Bonchev–Trinajstić information content (AvgIpc) is 3.32. The maximum Gasteiger partial charge on any atom is 0.417 e. The van der Waals surface area contributed by atoms with Crippen LogP contribution in [0.25, 0.3) is 28.2 Å². The van der Waals surface area contributed by atoms with Crippen LogP contribution in [0.3, 0.4) is 0 Å². The Morgan fingerprint density at radius 2 is 1.41 bits per heavy atom. The van der Waals surface area contributed by atoms with Crippen molar-refractivity contribution < 1.29 is 13.2 Å². The number of alkyl halides is 3. The summed E-state index contributed by atoms with van der Waals surface area (Å²) in [6.07, 6.45) is -1.37. The summed E-state index contributed by atoms with van der Waals surface area (Å²) < 4.78 is 44.1. The molecule has 1 aromatic heterocycles. The van der Waals surface area contributed by atoms with Crippen molar-refractivity contribution in [3.05, 3.63) is 113 Å². The summed E-state index contributed by atoms with van der Waals surface area (Å²) in [5, 5.41) is 0.977. The van der Waals surface area contributed by atoms with E-state index in [4.69, 9.17) is 0 Å². The van der Waals surface area contributed by atoms with Crippen LogP contribution in [0, 0.1) is 0 Å². The second-order valence-electron chi connectivity index (χ2n) is 6.98. The fourth-order valence-electron chi connectivity index (χ4n) is 3.98. The molecule has 4 aromatic rings. The van der Waals surface area contributed by atoms with Gasteiger partial charge in [0.25, 0.3) is 0 Å². The molecule has 1 heterocycles. The minimum atomic E-state index is -4.46. The van der Waals surface area contributed by atoms with Crippen molar-refractivity contribution in [1.29, 1.82) is 0 Å². The molecule has 0 fully saturated rings. The largest absolute Gasteiger partial charge is 0.417 e. The van der Waals surface area contributed by atoms with Gasteiger partial charge in [-0.15, -0.1) is 0 Å². The van der Waals surface area contributed by atoms with Crippen LogP contribution >= 0.6 is 0 Å². The van der Waals surface area contributed by atoms with Crippen LogP contribution in [0.4, 0.5) is 13.2 Å². The topological polar surface area (TPSA) is 4.93 Å². The molecule has 0 unspecified atom stereocenters. The molecule has 29 heavy (non-hydrogen) atoms. The standard InChI is InChI=1S/C25H16F3N/c26-25(27,28)21-16-19-11-4-6-12-20(19)23(21)24(18-9-2-1-3-10-18)29-15-14-17-8-5-7-13-22(17)29/h1-16H/b24-23-. The number of nitrogens with zero attached hydrogens (tertiary/aromatic N) is 1. The van der Waals surface area contributed by atoms with Gasteiger partial charge in [-0.25, -0.2) is 0 Å². The lowest BCUT2D eigenvalue weighted by Gasteiger charge is -2.20. The number of rotatable bonds is 2. The van der Waals surface area contributed by atoms with Crippen molar-refractivity contribution in [2.24, 2.45) is 0 Å². The van der Waals surface area contributed by atoms with E-state index in [1.807, 2.05) is 71.4 Å². The van der Waals surface area contributed by atoms with Gasteiger partial charge in [-0.3, -0.25) is 0 Å². The summed E-state index contributed by atoms with van der Waals surface area (Å²) in [5.74, 6) is 0. The van der Waals surface area contributed by atoms with Crippen molar-refractivity contribution in [3.8, 4) is 0 Å². The van der Waals surface area contributed by atoms with Gasteiger partial charge in [0, 0.05) is 11.8 Å². The maximum atomic E-state index is 14.1. The first-order valence-electron chi connectivity index (χ1n) is 9.29. The Labute approximate surface area is 166 Å². The monoisotopic (exact) mass is 387 g/mol. The van der Waals surface area contributed by atoms with E-state index in [0.717, 1.165) is 16.5 Å². The smallest absolute Gasteiger partial charge is 0.315 e. The second kappa shape index (κ2) is 6.52. The summed E-state index contributed by atoms with van der Waals surface area (Å²) in [5.41, 5.74) is 2.90. The van der Waals surface area contributed by atoms with Crippen LogP contribution in [0.2, 0.25) is 0 Å². The number of benzene rings is 3. The van der Waals surface area contributed by atoms with Crippen molar-refractivity contribution in [1.82, 2.24) is 4.57 Å². The van der Waals surface area contributed by atoms with Gasteiger partial charge < -0.3 is 4.57 Å². The summed E-state index contributed by atoms with van der Waals surface area (Å²) in [6, 6.07) is 25.9. The van der Waals surface area contributed by atoms with Gasteiger partial charge in [0.2, 0.25) is 0 Å². The molecule has 0 radical (unpaired) electrons. The first-order chi connectivity index (χ1) is 14.0. The minimum absolute atomic E-state index is 0.209. The molecule has 0 amide bonds. The lowest BCUT2D eigenvalue weighted by Crippen LogP contribution is -2.13. The molecule has 1 nitrogen and oxygen atoms in total. The van der Waals surface area contributed by atoms with E-state index in [1.165, 1.54) is 6.08 Å². The number of para-hydroxylation sites is 1. The van der Waals surface area contributed by atoms with E-state index in [9.17, 15) is 13.2 Å². The van der Waals surface area contributed by atoms with Gasteiger partial charge >= 0.3 is 6.18 Å². The average molecular weight is 387 g/mol. The highest BCUT2D eigenvalue weighted by Crippen LogP contribution is 2.48. The van der Waals surface area contributed by atoms with E-state index in [2.05, 4.69) is 0 Å². The molecule has 4 heteroatoms. The second-order valence-corrected chi connectivity index (χ2v) is 6.98. The third-order valence-electron chi connectivity index (χ3n) is 5.23. The van der Waals surface area contributed by atoms with E-state index < -0.39 is 11.7 Å². The van der Waals surface area contributed by atoms with Crippen molar-refractivity contribution in [3.63, 3.8) is 0 Å². The highest BCUT2D eigenvalue weighted by atomic mass is 19.4. The van der Waals surface area contributed by atoms with Crippen LogP contribution in [0.15, 0.2) is 96.7 Å². The van der Waals surface area contributed by atoms with Crippen LogP contribution < -0.4 is 0 Å². The number of halogens is 3. The van der Waals surface area contributed by atoms with Crippen LogP contribution in [0.5, 0.6) is 0 Å². The number of aromatic nitrogens is 1. The number of allylic oxidation sites excluding steroid dienone is 2. The maximum absolute atomic E-state index is 14.1. The summed E-state index contributed by atoms with van der Waals surface area (Å²) >= 11 is 0. The fourth-order valence-corrected chi connectivity index (χ4v) is 3.98. The lowest BCUT2D eigenvalue weighted by molar-refractivity contribution is -0.0859. The van der Waals surface area contributed by atoms with Crippen LogP contribution in [-0.4, -0.2) is 10.7 Å². The van der Waals surface area contributed by atoms with E-state index >= 15 is 0 Å². The molecular weight excluding hydrogens is 371 g/mol. The van der Waals surface area contributed by atoms with Gasteiger partial charge in [0.15, 0.2) is 0 Å². The molecule has 0 bridgehead atoms. The Morgan fingerprint density at radius 1 is 0.724 bits per heavy atom. The third-order valence-corrected chi connectivity index (χ3v) is 5.23. The summed E-state index contributed by atoms with van der Waals surface area (Å²) in [4.78, 5) is 0. The Balaban J connectivity index is 1.92. The molecule has 0 N–H and O–H groups in total. The Morgan fingerprint density at radius 3 is 2.21 bits per heavy atom. The zero-order valence-electron chi connectivity index (χ0n) is 15.3. The summed E-state index contributed by atoms with van der Waals surface area (Å²) in [6.45, 7) is 0. The van der Waals surface area contributed by atoms with Gasteiger partial charge in [-0.2, -0.15) is 13.2 Å². The molecular formula is C25H16F3N. The zero-order chi connectivity index (χ0) is 20.0. The predicted molar refractivity (Wildman–Crippen MR) is 111 cm³/mol. The molecule has 0 saturated heterocycles. The van der Waals surface area contributed by atoms with Crippen molar-refractivity contribution in [2.45, 2.75) is 6.18 Å². The predicted octanol–water partition coefficient (Wildman–Crippen LogP) is 7.02. The number of hydrogen-bond donors (Lipinski definition) is 0. The quantitative estimate of drug-likeness (QED) is 0.348. The minimum Gasteiger partial charge on any atom is -0.315 e. The molecule has 1 aliphatic rings. The SMILES string of the molecule is FC(F)(F)C1=Cc2ccccc2/C1=C(\c1ccccc1)n1ccc2ccccc21. The van der Waals surface area contributed by atoms with Gasteiger partial charge in [0.05, 0.1) is 16.8 Å². The third kappa shape index (κ3) is 2.88. The lowest BCUT2D eigenvalue weighted by atomic mass is 9.96. The zero-order valence-corrected chi connectivity index (χ0v) is 15.3. The number of hydrogen-bond acceptors (Lipinski definition) is 0. The van der Waals surface area contributed by atoms with E-state index in [1.54, 1.807) is 24.3 Å². The van der Waals surface area contributed by atoms with E-state index in [0.29, 0.717) is 16.8 Å². The molecule has 3 aromatic carbocycles. The first kappa shape index (κ1) is 17.6. The van der Waals surface area contributed by atoms with Gasteiger partial charge in [-0.05, 0) is 40.3 Å². The Bertz CT molecular complexity index is 1270. The molecule has 0 spiro atoms. The number of fused-ring (bicyclic) bond motifs is 2. The molecule has 0 saturated carbocycles. The fraction of sp³-hybridized carbons (Fsp3) is 0.0400. The van der Waals surface area contributed by atoms with Crippen molar-refractivity contribution >= 4 is 28.2 Å². The van der Waals surface area contributed by atoms with Crippen molar-refractivity contribution in [2.75, 3.05) is 0 Å². The van der Waals surface area contributed by atoms with Crippen LogP contribution in [0.1, 0.15) is 16.7 Å². The van der Waals surface area contributed by atoms with E-state index in [-0.39, 0.29) is 5.57 Å². The normalized spacial score (nSPS) is 15.3.